The smallest absolute Gasteiger partial charge is 0.336 e. The van der Waals surface area contributed by atoms with Crippen molar-refractivity contribution in [3.8, 4) is 11.8 Å². The highest BCUT2D eigenvalue weighted by Gasteiger charge is 2.01. The van der Waals surface area contributed by atoms with Crippen molar-refractivity contribution in [3.05, 3.63) is 71.3 Å². The summed E-state index contributed by atoms with van der Waals surface area (Å²) in [6.45, 7) is 2.22. The van der Waals surface area contributed by atoms with Crippen molar-refractivity contribution in [2.75, 3.05) is 0 Å². The first-order valence-corrected chi connectivity index (χ1v) is 8.70. The molecule has 0 unspecified atom stereocenters. The Hall–Kier alpha value is -2.86. The first-order valence-electron chi connectivity index (χ1n) is 8.70. The molecule has 3 nitrogen and oxygen atoms in total. The van der Waals surface area contributed by atoms with E-state index in [0.717, 1.165) is 12.0 Å². The quantitative estimate of drug-likeness (QED) is 0.285. The predicted molar refractivity (Wildman–Crippen MR) is 100 cm³/mol. The second-order valence-electron chi connectivity index (χ2n) is 5.94. The van der Waals surface area contributed by atoms with Gasteiger partial charge in [-0.05, 0) is 54.3 Å². The molecule has 0 radical (unpaired) electrons. The zero-order valence-electron chi connectivity index (χ0n) is 14.6. The summed E-state index contributed by atoms with van der Waals surface area (Å²) in [5.41, 5.74) is 2.83. The average molecular weight is 333 g/mol. The van der Waals surface area contributed by atoms with Crippen LogP contribution in [0, 0.1) is 11.3 Å². The minimum atomic E-state index is -0.437. The molecule has 2 rings (SSSR count). The van der Waals surface area contributed by atoms with Gasteiger partial charge < -0.3 is 4.74 Å². The Bertz CT molecular complexity index is 737. The van der Waals surface area contributed by atoms with Crippen LogP contribution in [-0.2, 0) is 11.2 Å². The van der Waals surface area contributed by atoms with E-state index in [-0.39, 0.29) is 0 Å². The first-order chi connectivity index (χ1) is 12.2. The van der Waals surface area contributed by atoms with Gasteiger partial charge in [0.2, 0.25) is 0 Å². The van der Waals surface area contributed by atoms with Crippen molar-refractivity contribution in [2.45, 2.75) is 39.0 Å². The van der Waals surface area contributed by atoms with E-state index in [1.165, 1.54) is 37.3 Å². The number of aryl methyl sites for hydroxylation is 1. The number of ether oxygens (including phenoxy) is 1. The first kappa shape index (κ1) is 18.5. The topological polar surface area (TPSA) is 50.1 Å². The number of benzene rings is 2. The summed E-state index contributed by atoms with van der Waals surface area (Å²) in [7, 11) is 0. The second-order valence-corrected chi connectivity index (χ2v) is 5.94. The fourth-order valence-electron chi connectivity index (χ4n) is 2.46. The molecule has 0 saturated carbocycles. The minimum absolute atomic E-state index is 0.427. The van der Waals surface area contributed by atoms with Gasteiger partial charge >= 0.3 is 5.97 Å². The normalized spacial score (nSPS) is 10.6. The van der Waals surface area contributed by atoms with E-state index in [0.29, 0.717) is 11.3 Å². The standard InChI is InChI=1S/C22H23NO2/c1-2-3-4-5-6-18-7-9-19(10-8-18)13-16-22(24)25-21-14-11-20(17-23)12-15-21/h7-16H,2-6H2,1H3. The van der Waals surface area contributed by atoms with E-state index >= 15 is 0 Å². The number of nitriles is 1. The zero-order valence-corrected chi connectivity index (χ0v) is 14.6. The van der Waals surface area contributed by atoms with Crippen LogP contribution in [0.2, 0.25) is 0 Å². The molecule has 0 bridgehead atoms. The third-order valence-electron chi connectivity index (χ3n) is 3.91. The Morgan fingerprint density at radius 2 is 1.76 bits per heavy atom. The van der Waals surface area contributed by atoms with Crippen LogP contribution in [0.1, 0.15) is 49.3 Å². The Morgan fingerprint density at radius 3 is 2.40 bits per heavy atom. The van der Waals surface area contributed by atoms with E-state index in [1.807, 2.05) is 18.2 Å². The monoisotopic (exact) mass is 333 g/mol. The van der Waals surface area contributed by atoms with Gasteiger partial charge in [0.25, 0.3) is 0 Å². The van der Waals surface area contributed by atoms with E-state index in [9.17, 15) is 4.79 Å². The van der Waals surface area contributed by atoms with E-state index in [2.05, 4.69) is 19.1 Å². The largest absolute Gasteiger partial charge is 0.423 e. The number of carbonyl (C=O) groups is 1. The van der Waals surface area contributed by atoms with Gasteiger partial charge in [-0.3, -0.25) is 0 Å². The van der Waals surface area contributed by atoms with Crippen molar-refractivity contribution in [2.24, 2.45) is 0 Å². The maximum Gasteiger partial charge on any atom is 0.336 e. The molecule has 0 aromatic heterocycles. The number of esters is 1. The number of nitrogens with zero attached hydrogens (tertiary/aromatic N) is 1. The fourth-order valence-corrected chi connectivity index (χ4v) is 2.46. The molecule has 0 N–H and O–H groups in total. The summed E-state index contributed by atoms with van der Waals surface area (Å²) >= 11 is 0. The molecule has 0 aliphatic rings. The lowest BCUT2D eigenvalue weighted by atomic mass is 10.0. The Kier molecular flexibility index (Phi) is 7.46. The van der Waals surface area contributed by atoms with Crippen LogP contribution in [0.25, 0.3) is 6.08 Å². The highest BCUT2D eigenvalue weighted by molar-refractivity contribution is 5.88. The molecule has 0 amide bonds. The highest BCUT2D eigenvalue weighted by Crippen LogP contribution is 2.13. The Balaban J connectivity index is 1.83. The van der Waals surface area contributed by atoms with E-state index in [1.54, 1.807) is 30.3 Å². The predicted octanol–water partition coefficient (Wildman–Crippen LogP) is 5.30. The molecule has 2 aromatic rings. The summed E-state index contributed by atoms with van der Waals surface area (Å²) in [6.07, 6.45) is 9.30. The lowest BCUT2D eigenvalue weighted by Gasteiger charge is -2.02. The third kappa shape index (κ3) is 6.64. The van der Waals surface area contributed by atoms with E-state index < -0.39 is 5.97 Å². The Labute approximate surface area is 149 Å². The van der Waals surface area contributed by atoms with Crippen molar-refractivity contribution < 1.29 is 9.53 Å². The van der Waals surface area contributed by atoms with Gasteiger partial charge in [0.05, 0.1) is 11.6 Å². The van der Waals surface area contributed by atoms with Gasteiger partial charge in [0.1, 0.15) is 5.75 Å². The van der Waals surface area contributed by atoms with Gasteiger partial charge in [0.15, 0.2) is 0 Å². The minimum Gasteiger partial charge on any atom is -0.423 e. The van der Waals surface area contributed by atoms with Crippen molar-refractivity contribution in [3.63, 3.8) is 0 Å². The number of carbonyl (C=O) groups excluding carboxylic acids is 1. The molecule has 3 heteroatoms. The number of unbranched alkanes of at least 4 members (excludes halogenated alkanes) is 3. The van der Waals surface area contributed by atoms with Crippen LogP contribution in [0.3, 0.4) is 0 Å². The lowest BCUT2D eigenvalue weighted by Crippen LogP contribution is -2.03. The Morgan fingerprint density at radius 1 is 1.04 bits per heavy atom. The summed E-state index contributed by atoms with van der Waals surface area (Å²) in [6, 6.07) is 16.7. The maximum atomic E-state index is 11.8. The van der Waals surface area contributed by atoms with Crippen LogP contribution in [0.4, 0.5) is 0 Å². The third-order valence-corrected chi connectivity index (χ3v) is 3.91. The molecule has 25 heavy (non-hydrogen) atoms. The van der Waals surface area contributed by atoms with Gasteiger partial charge in [-0.25, -0.2) is 4.79 Å². The number of hydrogen-bond acceptors (Lipinski definition) is 3. The molecule has 0 aliphatic heterocycles. The molecular formula is C22H23NO2. The summed E-state index contributed by atoms with van der Waals surface area (Å²) in [5.74, 6) is -0.00979. The molecule has 0 atom stereocenters. The van der Waals surface area contributed by atoms with Crippen LogP contribution in [-0.4, -0.2) is 5.97 Å². The van der Waals surface area contributed by atoms with Crippen LogP contribution >= 0.6 is 0 Å². The zero-order chi connectivity index (χ0) is 17.9. The van der Waals surface area contributed by atoms with Crippen LogP contribution in [0.15, 0.2) is 54.6 Å². The summed E-state index contributed by atoms with van der Waals surface area (Å²) in [5, 5.41) is 8.74. The maximum absolute atomic E-state index is 11.8. The van der Waals surface area contributed by atoms with Crippen LogP contribution in [0.5, 0.6) is 5.75 Å². The highest BCUT2D eigenvalue weighted by atomic mass is 16.5. The summed E-state index contributed by atoms with van der Waals surface area (Å²) < 4.78 is 5.20. The van der Waals surface area contributed by atoms with Gasteiger partial charge in [-0.2, -0.15) is 5.26 Å². The molecular weight excluding hydrogens is 310 g/mol. The van der Waals surface area contributed by atoms with Gasteiger partial charge in [0, 0.05) is 6.08 Å². The number of rotatable bonds is 8. The van der Waals surface area contributed by atoms with Crippen molar-refractivity contribution in [1.82, 2.24) is 0 Å². The lowest BCUT2D eigenvalue weighted by molar-refractivity contribution is -0.128. The molecule has 0 spiro atoms. The van der Waals surface area contributed by atoms with Gasteiger partial charge in [-0.1, -0.05) is 50.5 Å². The second kappa shape index (κ2) is 10.1. The average Bonchev–Trinajstić information content (AvgIpc) is 2.65. The van der Waals surface area contributed by atoms with Crippen LogP contribution < -0.4 is 4.74 Å². The molecule has 0 saturated heterocycles. The molecule has 0 heterocycles. The summed E-state index contributed by atoms with van der Waals surface area (Å²) in [4.78, 5) is 11.8. The fraction of sp³-hybridized carbons (Fsp3) is 0.273. The SMILES string of the molecule is CCCCCCc1ccc(C=CC(=O)Oc2ccc(C#N)cc2)cc1. The van der Waals surface area contributed by atoms with Gasteiger partial charge in [-0.15, -0.1) is 0 Å². The van der Waals surface area contributed by atoms with Crippen molar-refractivity contribution in [1.29, 1.82) is 5.26 Å². The molecule has 2 aromatic carbocycles. The molecule has 0 aliphatic carbocycles. The molecule has 128 valence electrons. The van der Waals surface area contributed by atoms with Crippen molar-refractivity contribution >= 4 is 12.0 Å². The van der Waals surface area contributed by atoms with E-state index in [4.69, 9.17) is 10.00 Å². The number of hydrogen-bond donors (Lipinski definition) is 0. The molecule has 0 fully saturated rings.